The summed E-state index contributed by atoms with van der Waals surface area (Å²) in [7, 11) is 1.67. The van der Waals surface area contributed by atoms with Gasteiger partial charge in [-0.15, -0.1) is 0 Å². The van der Waals surface area contributed by atoms with Crippen LogP contribution in [0.3, 0.4) is 0 Å². The number of aromatic nitrogens is 2. The van der Waals surface area contributed by atoms with Crippen molar-refractivity contribution in [3.05, 3.63) is 35.2 Å². The summed E-state index contributed by atoms with van der Waals surface area (Å²) in [5.74, 6) is 3.29. The van der Waals surface area contributed by atoms with E-state index in [-0.39, 0.29) is 0 Å². The zero-order valence-corrected chi connectivity index (χ0v) is 13.2. The number of anilines is 3. The molecule has 0 aliphatic rings. The average molecular weight is 286 g/mol. The summed E-state index contributed by atoms with van der Waals surface area (Å²) in [4.78, 5) is 8.93. The molecule has 0 radical (unpaired) electrons. The van der Waals surface area contributed by atoms with Gasteiger partial charge >= 0.3 is 0 Å². The molecule has 0 spiro atoms. The van der Waals surface area contributed by atoms with Crippen LogP contribution in [0.15, 0.2) is 18.2 Å². The summed E-state index contributed by atoms with van der Waals surface area (Å²) in [5, 5.41) is 6.65. The number of aryl methyl sites for hydroxylation is 2. The van der Waals surface area contributed by atoms with Crippen LogP contribution in [0.4, 0.5) is 17.3 Å². The zero-order chi connectivity index (χ0) is 15.4. The fraction of sp³-hybridized carbons (Fsp3) is 0.375. The van der Waals surface area contributed by atoms with E-state index in [1.165, 1.54) is 0 Å². The Morgan fingerprint density at radius 1 is 1.10 bits per heavy atom. The largest absolute Gasteiger partial charge is 0.497 e. The first-order chi connectivity index (χ1) is 10.0. The van der Waals surface area contributed by atoms with Crippen molar-refractivity contribution in [3.8, 4) is 5.75 Å². The van der Waals surface area contributed by atoms with Crippen LogP contribution in [0.2, 0.25) is 0 Å². The van der Waals surface area contributed by atoms with Crippen LogP contribution in [0.5, 0.6) is 5.75 Å². The standard InChI is InChI=1S/C16H22N4O/c1-6-17-15-11(3)16(19-12(4)18-15)20-14-8-7-13(21-5)9-10(14)2/h7-9H,6H2,1-5H3,(H2,17,18,19,20). The molecule has 5 nitrogen and oxygen atoms in total. The summed E-state index contributed by atoms with van der Waals surface area (Å²) in [6, 6.07) is 5.93. The topological polar surface area (TPSA) is 59.1 Å². The van der Waals surface area contributed by atoms with Gasteiger partial charge in [0.1, 0.15) is 23.2 Å². The molecule has 2 N–H and O–H groups in total. The monoisotopic (exact) mass is 286 g/mol. The van der Waals surface area contributed by atoms with Crippen molar-refractivity contribution in [2.75, 3.05) is 24.3 Å². The number of rotatable bonds is 5. The predicted octanol–water partition coefficient (Wildman–Crippen LogP) is 3.59. The summed E-state index contributed by atoms with van der Waals surface area (Å²) in [6.07, 6.45) is 0. The molecule has 0 saturated carbocycles. The van der Waals surface area contributed by atoms with Gasteiger partial charge < -0.3 is 15.4 Å². The van der Waals surface area contributed by atoms with Gasteiger partial charge in [-0.1, -0.05) is 0 Å². The van der Waals surface area contributed by atoms with Crippen LogP contribution in [-0.4, -0.2) is 23.6 Å². The second kappa shape index (κ2) is 6.43. The minimum absolute atomic E-state index is 0.741. The molecule has 0 aliphatic heterocycles. The fourth-order valence-corrected chi connectivity index (χ4v) is 2.12. The first kappa shape index (κ1) is 15.1. The van der Waals surface area contributed by atoms with E-state index in [9.17, 15) is 0 Å². The van der Waals surface area contributed by atoms with Gasteiger partial charge in [-0.2, -0.15) is 0 Å². The number of hydrogen-bond acceptors (Lipinski definition) is 5. The number of hydrogen-bond donors (Lipinski definition) is 2. The number of nitrogens with zero attached hydrogens (tertiary/aromatic N) is 2. The Balaban J connectivity index is 2.35. The Morgan fingerprint density at radius 2 is 1.81 bits per heavy atom. The summed E-state index contributed by atoms with van der Waals surface area (Å²) >= 11 is 0. The normalized spacial score (nSPS) is 10.3. The lowest BCUT2D eigenvalue weighted by Crippen LogP contribution is -2.08. The van der Waals surface area contributed by atoms with Gasteiger partial charge in [-0.25, -0.2) is 9.97 Å². The second-order valence-electron chi connectivity index (χ2n) is 4.93. The van der Waals surface area contributed by atoms with Crippen molar-refractivity contribution in [3.63, 3.8) is 0 Å². The van der Waals surface area contributed by atoms with Gasteiger partial charge in [0.25, 0.3) is 0 Å². The molecule has 0 bridgehead atoms. The van der Waals surface area contributed by atoms with E-state index >= 15 is 0 Å². The predicted molar refractivity (Wildman–Crippen MR) is 86.7 cm³/mol. The molecular weight excluding hydrogens is 264 g/mol. The maximum atomic E-state index is 5.23. The van der Waals surface area contributed by atoms with E-state index < -0.39 is 0 Å². The Labute approximate surface area is 125 Å². The number of benzene rings is 1. The second-order valence-corrected chi connectivity index (χ2v) is 4.93. The van der Waals surface area contributed by atoms with Crippen molar-refractivity contribution in [1.82, 2.24) is 9.97 Å². The zero-order valence-electron chi connectivity index (χ0n) is 13.2. The van der Waals surface area contributed by atoms with Gasteiger partial charge in [0.2, 0.25) is 0 Å². The lowest BCUT2D eigenvalue weighted by Gasteiger charge is -2.15. The average Bonchev–Trinajstić information content (AvgIpc) is 2.46. The van der Waals surface area contributed by atoms with E-state index in [1.54, 1.807) is 7.11 Å². The molecule has 0 atom stereocenters. The van der Waals surface area contributed by atoms with Crippen LogP contribution < -0.4 is 15.4 Å². The molecule has 112 valence electrons. The number of methoxy groups -OCH3 is 1. The molecule has 5 heteroatoms. The Kier molecular flexibility index (Phi) is 4.62. The highest BCUT2D eigenvalue weighted by Crippen LogP contribution is 2.27. The first-order valence-corrected chi connectivity index (χ1v) is 7.06. The highest BCUT2D eigenvalue weighted by atomic mass is 16.5. The van der Waals surface area contributed by atoms with Crippen LogP contribution in [-0.2, 0) is 0 Å². The third kappa shape index (κ3) is 3.42. The maximum Gasteiger partial charge on any atom is 0.139 e. The van der Waals surface area contributed by atoms with E-state index in [2.05, 4.69) is 27.5 Å². The Morgan fingerprint density at radius 3 is 2.43 bits per heavy atom. The summed E-state index contributed by atoms with van der Waals surface area (Å²) in [6.45, 7) is 8.83. The lowest BCUT2D eigenvalue weighted by molar-refractivity contribution is 0.414. The maximum absolute atomic E-state index is 5.23. The SMILES string of the molecule is CCNc1nc(C)nc(Nc2ccc(OC)cc2C)c1C. The molecular formula is C16H22N4O. The fourth-order valence-electron chi connectivity index (χ4n) is 2.12. The van der Waals surface area contributed by atoms with Crippen LogP contribution in [0, 0.1) is 20.8 Å². The Bertz CT molecular complexity index is 640. The summed E-state index contributed by atoms with van der Waals surface area (Å²) in [5.41, 5.74) is 3.13. The molecule has 1 aromatic carbocycles. The smallest absolute Gasteiger partial charge is 0.139 e. The quantitative estimate of drug-likeness (QED) is 0.879. The van der Waals surface area contributed by atoms with E-state index in [1.807, 2.05) is 39.0 Å². The molecule has 2 rings (SSSR count). The Hall–Kier alpha value is -2.30. The van der Waals surface area contributed by atoms with E-state index in [0.717, 1.165) is 46.6 Å². The number of nitrogens with one attached hydrogen (secondary N) is 2. The van der Waals surface area contributed by atoms with Gasteiger partial charge in [0.15, 0.2) is 0 Å². The lowest BCUT2D eigenvalue weighted by atomic mass is 10.2. The minimum atomic E-state index is 0.741. The molecule has 0 amide bonds. The van der Waals surface area contributed by atoms with Crippen molar-refractivity contribution < 1.29 is 4.74 Å². The van der Waals surface area contributed by atoms with Crippen LogP contribution in [0.1, 0.15) is 23.9 Å². The van der Waals surface area contributed by atoms with Crippen LogP contribution >= 0.6 is 0 Å². The third-order valence-electron chi connectivity index (χ3n) is 3.29. The van der Waals surface area contributed by atoms with Crippen molar-refractivity contribution in [1.29, 1.82) is 0 Å². The van der Waals surface area contributed by atoms with E-state index in [4.69, 9.17) is 4.74 Å². The molecule has 0 unspecified atom stereocenters. The molecule has 2 aromatic rings. The van der Waals surface area contributed by atoms with Gasteiger partial charge in [0, 0.05) is 17.8 Å². The van der Waals surface area contributed by atoms with Gasteiger partial charge in [-0.3, -0.25) is 0 Å². The molecule has 1 aromatic heterocycles. The van der Waals surface area contributed by atoms with Gasteiger partial charge in [-0.05, 0) is 51.5 Å². The highest BCUT2D eigenvalue weighted by Gasteiger charge is 2.10. The molecule has 0 aliphatic carbocycles. The molecule has 0 fully saturated rings. The van der Waals surface area contributed by atoms with Crippen molar-refractivity contribution >= 4 is 17.3 Å². The molecule has 0 saturated heterocycles. The van der Waals surface area contributed by atoms with Crippen molar-refractivity contribution in [2.24, 2.45) is 0 Å². The van der Waals surface area contributed by atoms with Gasteiger partial charge in [0.05, 0.1) is 7.11 Å². The van der Waals surface area contributed by atoms with E-state index in [0.29, 0.717) is 0 Å². The van der Waals surface area contributed by atoms with Crippen molar-refractivity contribution in [2.45, 2.75) is 27.7 Å². The van der Waals surface area contributed by atoms with Crippen LogP contribution in [0.25, 0.3) is 0 Å². The molecule has 21 heavy (non-hydrogen) atoms. The highest BCUT2D eigenvalue weighted by molar-refractivity contribution is 5.67. The first-order valence-electron chi connectivity index (χ1n) is 7.06. The molecule has 1 heterocycles. The number of ether oxygens (including phenoxy) is 1. The summed E-state index contributed by atoms with van der Waals surface area (Å²) < 4.78 is 5.23. The third-order valence-corrected chi connectivity index (χ3v) is 3.29. The minimum Gasteiger partial charge on any atom is -0.497 e.